The van der Waals surface area contributed by atoms with E-state index in [4.69, 9.17) is 10.5 Å². The third-order valence-corrected chi connectivity index (χ3v) is 4.29. The van der Waals surface area contributed by atoms with Gasteiger partial charge in [0, 0.05) is 11.2 Å². The Morgan fingerprint density at radius 3 is 2.85 bits per heavy atom. The van der Waals surface area contributed by atoms with Crippen molar-refractivity contribution in [2.24, 2.45) is 5.73 Å². The monoisotopic (exact) mass is 314 g/mol. The van der Waals surface area contributed by atoms with Gasteiger partial charge in [0.05, 0.1) is 12.0 Å². The Morgan fingerprint density at radius 1 is 1.45 bits per heavy atom. The number of hydrogen-bond acceptors (Lipinski definition) is 4. The topological polar surface area (TPSA) is 64.3 Å². The fourth-order valence-corrected chi connectivity index (χ4v) is 3.03. The Labute approximate surface area is 128 Å². The Bertz CT molecular complexity index is 598. The second-order valence-electron chi connectivity index (χ2n) is 4.32. The van der Waals surface area contributed by atoms with Crippen LogP contribution in [0.5, 0.6) is 5.75 Å². The van der Waals surface area contributed by atoms with Crippen molar-refractivity contribution < 1.29 is 9.53 Å². The zero-order valence-electron chi connectivity index (χ0n) is 11.6. The number of thiophene rings is 1. The van der Waals surface area contributed by atoms with E-state index in [9.17, 15) is 4.79 Å². The lowest BCUT2D eigenvalue weighted by atomic mass is 10.1. The lowest BCUT2D eigenvalue weighted by Gasteiger charge is -2.03. The molecule has 0 bridgehead atoms. The molecule has 0 aliphatic heterocycles. The van der Waals surface area contributed by atoms with Crippen LogP contribution in [0.1, 0.15) is 21.7 Å². The molecule has 2 rings (SSSR count). The molecule has 1 heterocycles. The van der Waals surface area contributed by atoms with E-state index in [1.165, 1.54) is 11.3 Å². The summed E-state index contributed by atoms with van der Waals surface area (Å²) in [5.41, 5.74) is 6.42. The summed E-state index contributed by atoms with van der Waals surface area (Å²) in [5.74, 6) is 0.787. The van der Waals surface area contributed by atoms with E-state index in [1.807, 2.05) is 25.1 Å². The number of benzene rings is 1. The Balaban J connectivity index is 0.00000200. The van der Waals surface area contributed by atoms with Gasteiger partial charge < -0.3 is 15.8 Å². The number of rotatable bonds is 5. The fourth-order valence-electron chi connectivity index (χ4n) is 1.93. The maximum atomic E-state index is 12.1. The highest BCUT2D eigenvalue weighted by atomic mass is 35.5. The maximum Gasteiger partial charge on any atom is 0.261 e. The zero-order valence-corrected chi connectivity index (χ0v) is 13.2. The molecule has 0 saturated carbocycles. The van der Waals surface area contributed by atoms with E-state index < -0.39 is 0 Å². The normalized spacial score (nSPS) is 10.2. The summed E-state index contributed by atoms with van der Waals surface area (Å²) >= 11 is 1.51. The lowest BCUT2D eigenvalue weighted by molar-refractivity contribution is 0.0957. The molecule has 4 nitrogen and oxygen atoms in total. The largest absolute Gasteiger partial charge is 0.497 e. The van der Waals surface area contributed by atoms with Crippen LogP contribution < -0.4 is 15.8 Å². The number of nitrogens with one attached hydrogen (secondary N) is 1. The van der Waals surface area contributed by atoms with Crippen LogP contribution in [-0.4, -0.2) is 26.1 Å². The lowest BCUT2D eigenvalue weighted by Crippen LogP contribution is -2.25. The van der Waals surface area contributed by atoms with Gasteiger partial charge in [-0.25, -0.2) is 0 Å². The molecule has 0 aliphatic carbocycles. The van der Waals surface area contributed by atoms with Gasteiger partial charge in [0.1, 0.15) is 5.75 Å². The van der Waals surface area contributed by atoms with E-state index in [2.05, 4.69) is 5.32 Å². The molecule has 0 fully saturated rings. The molecule has 0 saturated heterocycles. The van der Waals surface area contributed by atoms with Crippen molar-refractivity contribution >= 4 is 39.7 Å². The third-order valence-electron chi connectivity index (χ3n) is 3.02. The van der Waals surface area contributed by atoms with Crippen molar-refractivity contribution in [1.82, 2.24) is 5.32 Å². The van der Waals surface area contributed by atoms with Crippen molar-refractivity contribution in [1.29, 1.82) is 0 Å². The molecule has 0 spiro atoms. The van der Waals surface area contributed by atoms with Gasteiger partial charge >= 0.3 is 0 Å². The molecule has 0 atom stereocenters. The summed E-state index contributed by atoms with van der Waals surface area (Å²) in [4.78, 5) is 12.9. The number of carbonyl (C=O) groups excluding carboxylic acids is 1. The van der Waals surface area contributed by atoms with Gasteiger partial charge in [0.2, 0.25) is 0 Å². The van der Waals surface area contributed by atoms with Gasteiger partial charge in [-0.2, -0.15) is 0 Å². The number of halogens is 1. The third kappa shape index (κ3) is 3.42. The molecular weight excluding hydrogens is 296 g/mol. The molecule has 20 heavy (non-hydrogen) atoms. The van der Waals surface area contributed by atoms with Crippen molar-refractivity contribution in [3.05, 3.63) is 28.6 Å². The summed E-state index contributed by atoms with van der Waals surface area (Å²) in [6.45, 7) is 3.17. The van der Waals surface area contributed by atoms with Gasteiger partial charge in [0.25, 0.3) is 5.91 Å². The summed E-state index contributed by atoms with van der Waals surface area (Å²) in [6.07, 6.45) is 0.795. The van der Waals surface area contributed by atoms with Crippen LogP contribution in [0.25, 0.3) is 10.1 Å². The van der Waals surface area contributed by atoms with Crippen LogP contribution in [0.4, 0.5) is 0 Å². The van der Waals surface area contributed by atoms with Crippen molar-refractivity contribution in [2.75, 3.05) is 20.2 Å². The van der Waals surface area contributed by atoms with Crippen molar-refractivity contribution in [2.45, 2.75) is 13.3 Å². The van der Waals surface area contributed by atoms with E-state index >= 15 is 0 Å². The summed E-state index contributed by atoms with van der Waals surface area (Å²) in [6, 6.07) is 5.87. The second-order valence-corrected chi connectivity index (χ2v) is 5.37. The van der Waals surface area contributed by atoms with E-state index in [0.29, 0.717) is 13.1 Å². The zero-order chi connectivity index (χ0) is 13.8. The van der Waals surface area contributed by atoms with E-state index in [0.717, 1.165) is 32.7 Å². The van der Waals surface area contributed by atoms with Gasteiger partial charge in [0.15, 0.2) is 0 Å². The van der Waals surface area contributed by atoms with Crippen molar-refractivity contribution in [3.63, 3.8) is 0 Å². The summed E-state index contributed by atoms with van der Waals surface area (Å²) in [5, 5.41) is 3.97. The fraction of sp³-hybridized carbons (Fsp3) is 0.357. The molecule has 0 radical (unpaired) electrons. The first-order valence-electron chi connectivity index (χ1n) is 6.22. The average molecular weight is 315 g/mol. The number of fused-ring (bicyclic) bond motifs is 1. The van der Waals surface area contributed by atoms with Crippen LogP contribution >= 0.6 is 23.7 Å². The number of aryl methyl sites for hydroxylation is 1. The van der Waals surface area contributed by atoms with Crippen LogP contribution in [-0.2, 0) is 0 Å². The minimum atomic E-state index is -0.0221. The maximum absolute atomic E-state index is 12.1. The first-order chi connectivity index (χ1) is 9.17. The number of methoxy groups -OCH3 is 1. The quantitative estimate of drug-likeness (QED) is 0.834. The molecule has 3 N–H and O–H groups in total. The number of nitrogens with two attached hydrogens (primary N) is 1. The standard InChI is InChI=1S/C14H18N2O2S.ClH/c1-9-11-8-10(18-2)4-5-12(11)19-13(9)14(17)16-7-3-6-15;/h4-5,8H,3,6-7,15H2,1-2H3,(H,16,17);1H. The number of carbonyl (C=O) groups is 1. The predicted octanol–water partition coefficient (Wildman–Crippen LogP) is 2.72. The van der Waals surface area contributed by atoms with E-state index in [1.54, 1.807) is 7.11 Å². The van der Waals surface area contributed by atoms with Crippen molar-refractivity contribution in [3.8, 4) is 5.75 Å². The molecule has 0 aliphatic rings. The molecular formula is C14H19ClN2O2S. The summed E-state index contributed by atoms with van der Waals surface area (Å²) in [7, 11) is 1.64. The number of amides is 1. The van der Waals surface area contributed by atoms with E-state index in [-0.39, 0.29) is 18.3 Å². The highest BCUT2D eigenvalue weighted by Crippen LogP contribution is 2.33. The minimum Gasteiger partial charge on any atom is -0.497 e. The molecule has 6 heteroatoms. The van der Waals surface area contributed by atoms with Crippen LogP contribution in [0.2, 0.25) is 0 Å². The number of ether oxygens (including phenoxy) is 1. The molecule has 0 unspecified atom stereocenters. The minimum absolute atomic E-state index is 0. The second kappa shape index (κ2) is 7.47. The molecule has 1 amide bonds. The van der Waals surface area contributed by atoms with Gasteiger partial charge in [-0.15, -0.1) is 23.7 Å². The van der Waals surface area contributed by atoms with Crippen LogP contribution in [0.15, 0.2) is 18.2 Å². The van der Waals surface area contributed by atoms with Gasteiger partial charge in [-0.05, 0) is 49.0 Å². The Morgan fingerprint density at radius 2 is 2.20 bits per heavy atom. The highest BCUT2D eigenvalue weighted by molar-refractivity contribution is 7.21. The highest BCUT2D eigenvalue weighted by Gasteiger charge is 2.15. The first-order valence-corrected chi connectivity index (χ1v) is 7.04. The smallest absolute Gasteiger partial charge is 0.261 e. The number of hydrogen-bond donors (Lipinski definition) is 2. The molecule has 1 aromatic carbocycles. The van der Waals surface area contributed by atoms with Crippen LogP contribution in [0, 0.1) is 6.92 Å². The SMILES string of the molecule is COc1ccc2sc(C(=O)NCCCN)c(C)c2c1.Cl. The van der Waals surface area contributed by atoms with Gasteiger partial charge in [-0.1, -0.05) is 0 Å². The Hall–Kier alpha value is -1.30. The molecule has 1 aromatic heterocycles. The van der Waals surface area contributed by atoms with Gasteiger partial charge in [-0.3, -0.25) is 4.79 Å². The summed E-state index contributed by atoms with van der Waals surface area (Å²) < 4.78 is 6.32. The van der Waals surface area contributed by atoms with Crippen LogP contribution in [0.3, 0.4) is 0 Å². The molecule has 2 aromatic rings. The Kier molecular flexibility index (Phi) is 6.26. The predicted molar refractivity (Wildman–Crippen MR) is 86.4 cm³/mol. The average Bonchev–Trinajstić information content (AvgIpc) is 2.76. The first kappa shape index (κ1) is 16.8. The molecule has 110 valence electrons.